The predicted octanol–water partition coefficient (Wildman–Crippen LogP) is 4.59. The van der Waals surface area contributed by atoms with Crippen LogP contribution in [0.4, 0.5) is 0 Å². The minimum atomic E-state index is -0.188. The molecule has 0 atom stereocenters. The van der Waals surface area contributed by atoms with Gasteiger partial charge in [0.2, 0.25) is 11.7 Å². The number of rotatable bonds is 4. The van der Waals surface area contributed by atoms with E-state index < -0.39 is 0 Å². The van der Waals surface area contributed by atoms with Gasteiger partial charge in [0, 0.05) is 53.2 Å². The Morgan fingerprint density at radius 3 is 2.47 bits per heavy atom. The number of likely N-dealkylation sites (tertiary alicyclic amines) is 1. The highest BCUT2D eigenvalue weighted by atomic mass is 16.5. The summed E-state index contributed by atoms with van der Waals surface area (Å²) in [4.78, 5) is 24.0. The van der Waals surface area contributed by atoms with Crippen molar-refractivity contribution in [3.63, 3.8) is 0 Å². The summed E-state index contributed by atoms with van der Waals surface area (Å²) in [7, 11) is 0. The zero-order chi connectivity index (χ0) is 22.1. The fourth-order valence-electron chi connectivity index (χ4n) is 5.05. The Balaban J connectivity index is 1.05. The normalized spacial score (nSPS) is 20.3. The number of hydrogen-bond acceptors (Lipinski definition) is 5. The summed E-state index contributed by atoms with van der Waals surface area (Å²) in [6.07, 6.45) is 9.11. The molecule has 3 aromatic rings. The van der Waals surface area contributed by atoms with E-state index in [4.69, 9.17) is 4.52 Å². The maximum atomic E-state index is 12.9. The topological polar surface area (TPSA) is 77.1 Å². The van der Waals surface area contributed by atoms with Crippen molar-refractivity contribution in [2.75, 3.05) is 13.1 Å². The molecule has 0 unspecified atom stereocenters. The molecule has 2 saturated carbocycles. The molecule has 0 bridgehead atoms. The minimum Gasteiger partial charge on any atom is -0.338 e. The molecule has 1 aromatic carbocycles. The van der Waals surface area contributed by atoms with Crippen molar-refractivity contribution in [1.82, 2.24) is 24.6 Å². The number of hydrogen-bond donors (Lipinski definition) is 0. The van der Waals surface area contributed by atoms with E-state index in [1.165, 1.54) is 18.5 Å². The Morgan fingerprint density at radius 1 is 1.12 bits per heavy atom. The summed E-state index contributed by atoms with van der Waals surface area (Å²) < 4.78 is 7.68. The van der Waals surface area contributed by atoms with E-state index in [2.05, 4.69) is 25.9 Å². The van der Waals surface area contributed by atoms with Crippen molar-refractivity contribution in [2.45, 2.75) is 63.8 Å². The second-order valence-corrected chi connectivity index (χ2v) is 11.0. The number of nitrogens with zero attached hydrogens (tertiary/aromatic N) is 5. The smallest absolute Gasteiger partial charge is 0.253 e. The average Bonchev–Trinajstić information content (AvgIpc) is 3.22. The van der Waals surface area contributed by atoms with Crippen LogP contribution in [0.3, 0.4) is 0 Å². The molecule has 3 fully saturated rings. The first-order chi connectivity index (χ1) is 15.3. The Bertz CT molecular complexity index is 1150. The van der Waals surface area contributed by atoms with Crippen LogP contribution in [0, 0.1) is 5.41 Å². The summed E-state index contributed by atoms with van der Waals surface area (Å²) in [5.74, 6) is 1.97. The molecule has 0 radical (unpaired) electrons. The van der Waals surface area contributed by atoms with Crippen LogP contribution in [-0.4, -0.2) is 43.6 Å². The van der Waals surface area contributed by atoms with Gasteiger partial charge < -0.3 is 14.0 Å². The van der Waals surface area contributed by atoms with Crippen molar-refractivity contribution in [3.05, 3.63) is 53.9 Å². The van der Waals surface area contributed by atoms with Gasteiger partial charge in [-0.05, 0) is 37.8 Å². The van der Waals surface area contributed by atoms with Crippen LogP contribution in [0.25, 0.3) is 11.4 Å². The highest BCUT2D eigenvalue weighted by Gasteiger charge is 2.54. The Hall–Kier alpha value is -2.96. The third kappa shape index (κ3) is 3.34. The van der Waals surface area contributed by atoms with Crippen molar-refractivity contribution in [1.29, 1.82) is 0 Å². The highest BCUT2D eigenvalue weighted by Crippen LogP contribution is 2.54. The summed E-state index contributed by atoms with van der Waals surface area (Å²) in [5.41, 5.74) is 2.94. The molecular formula is C25H29N5O2. The van der Waals surface area contributed by atoms with E-state index in [-0.39, 0.29) is 11.3 Å². The number of benzene rings is 1. The molecule has 7 nitrogen and oxygen atoms in total. The molecule has 6 rings (SSSR count). The molecule has 166 valence electrons. The molecule has 1 spiro atoms. The van der Waals surface area contributed by atoms with Gasteiger partial charge in [-0.1, -0.05) is 38.1 Å². The van der Waals surface area contributed by atoms with E-state index in [1.54, 1.807) is 0 Å². The van der Waals surface area contributed by atoms with E-state index in [0.29, 0.717) is 34.7 Å². The van der Waals surface area contributed by atoms with Crippen LogP contribution >= 0.6 is 0 Å². The zero-order valence-electron chi connectivity index (χ0n) is 18.9. The van der Waals surface area contributed by atoms with Gasteiger partial charge in [0.25, 0.3) is 5.91 Å². The highest BCUT2D eigenvalue weighted by molar-refractivity contribution is 5.95. The molecule has 7 heteroatoms. The second-order valence-electron chi connectivity index (χ2n) is 11.0. The van der Waals surface area contributed by atoms with Gasteiger partial charge in [-0.15, -0.1) is 0 Å². The van der Waals surface area contributed by atoms with Gasteiger partial charge in [0.15, 0.2) is 0 Å². The first-order valence-corrected chi connectivity index (χ1v) is 11.6. The Morgan fingerprint density at radius 2 is 1.84 bits per heavy atom. The molecule has 3 aliphatic rings. The van der Waals surface area contributed by atoms with Crippen molar-refractivity contribution in [2.24, 2.45) is 5.41 Å². The van der Waals surface area contributed by atoms with Gasteiger partial charge in [-0.3, -0.25) is 4.79 Å². The number of carbonyl (C=O) groups excluding carboxylic acids is 1. The SMILES string of the molecule is CC(C)(C)c1nc(-c2ccc(C(=O)N3CC4(CC(n5cnc(C6CC6)c5)C4)C3)cc2)no1. The van der Waals surface area contributed by atoms with Gasteiger partial charge in [0.1, 0.15) is 0 Å². The van der Waals surface area contributed by atoms with Gasteiger partial charge in [0.05, 0.1) is 12.0 Å². The summed E-state index contributed by atoms with van der Waals surface area (Å²) in [5, 5.41) is 4.09. The van der Waals surface area contributed by atoms with Crippen LogP contribution < -0.4 is 0 Å². The van der Waals surface area contributed by atoms with Crippen molar-refractivity contribution < 1.29 is 9.32 Å². The van der Waals surface area contributed by atoms with Crippen LogP contribution in [-0.2, 0) is 5.41 Å². The van der Waals surface area contributed by atoms with Crippen LogP contribution in [0.1, 0.15) is 80.4 Å². The summed E-state index contributed by atoms with van der Waals surface area (Å²) in [6, 6.07) is 8.07. The third-order valence-electron chi connectivity index (χ3n) is 7.17. The molecular weight excluding hydrogens is 402 g/mol. The van der Waals surface area contributed by atoms with Gasteiger partial charge in [-0.25, -0.2) is 4.98 Å². The Labute approximate surface area is 187 Å². The predicted molar refractivity (Wildman–Crippen MR) is 119 cm³/mol. The maximum absolute atomic E-state index is 12.9. The molecule has 2 aromatic heterocycles. The molecule has 0 N–H and O–H groups in total. The van der Waals surface area contributed by atoms with Crippen molar-refractivity contribution >= 4 is 5.91 Å². The molecule has 3 heterocycles. The molecule has 1 aliphatic heterocycles. The largest absolute Gasteiger partial charge is 0.338 e. The molecule has 2 aliphatic carbocycles. The number of carbonyl (C=O) groups is 1. The van der Waals surface area contributed by atoms with E-state index in [9.17, 15) is 4.79 Å². The molecule has 1 amide bonds. The van der Waals surface area contributed by atoms with Crippen LogP contribution in [0.5, 0.6) is 0 Å². The van der Waals surface area contributed by atoms with Crippen molar-refractivity contribution in [3.8, 4) is 11.4 Å². The monoisotopic (exact) mass is 431 g/mol. The quantitative estimate of drug-likeness (QED) is 0.604. The fourth-order valence-corrected chi connectivity index (χ4v) is 5.05. The maximum Gasteiger partial charge on any atom is 0.253 e. The summed E-state index contributed by atoms with van der Waals surface area (Å²) >= 11 is 0. The van der Waals surface area contributed by atoms with E-state index in [0.717, 1.165) is 31.5 Å². The van der Waals surface area contributed by atoms with E-state index >= 15 is 0 Å². The van der Waals surface area contributed by atoms with Gasteiger partial charge >= 0.3 is 0 Å². The van der Waals surface area contributed by atoms with Gasteiger partial charge in [-0.2, -0.15) is 4.98 Å². The number of amides is 1. The lowest BCUT2D eigenvalue weighted by molar-refractivity contribution is -0.0711. The zero-order valence-corrected chi connectivity index (χ0v) is 18.9. The lowest BCUT2D eigenvalue weighted by atomic mass is 9.60. The first-order valence-electron chi connectivity index (χ1n) is 11.6. The third-order valence-corrected chi connectivity index (χ3v) is 7.17. The van der Waals surface area contributed by atoms with Crippen LogP contribution in [0.2, 0.25) is 0 Å². The molecule has 32 heavy (non-hydrogen) atoms. The standard InChI is InChI=1S/C25H29N5O2/c1-24(2,3)23-27-21(28-32-23)17-6-8-18(9-7-17)22(31)30-13-25(14-30)10-19(11-25)29-12-20(26-15-29)16-4-5-16/h6-9,12,15-16,19H,4-5,10-11,13-14H2,1-3H3. The minimum absolute atomic E-state index is 0.104. The van der Waals surface area contributed by atoms with E-state index in [1.807, 2.05) is 56.3 Å². The summed E-state index contributed by atoms with van der Waals surface area (Å²) in [6.45, 7) is 7.83. The second kappa shape index (κ2) is 6.77. The molecule has 1 saturated heterocycles. The number of imidazole rings is 1. The lowest BCUT2D eigenvalue weighted by Crippen LogP contribution is -2.63. The number of aromatic nitrogens is 4. The lowest BCUT2D eigenvalue weighted by Gasteiger charge is -2.59. The Kier molecular flexibility index (Phi) is 4.17. The fraction of sp³-hybridized carbons (Fsp3) is 0.520. The van der Waals surface area contributed by atoms with Crippen LogP contribution in [0.15, 0.2) is 41.3 Å². The first kappa shape index (κ1) is 19.7. The average molecular weight is 432 g/mol.